The third-order valence-corrected chi connectivity index (χ3v) is 6.68. The van der Waals surface area contributed by atoms with Crippen LogP contribution in [0.4, 0.5) is 0 Å². The maximum absolute atomic E-state index is 13.3. The number of piperidine rings is 1. The number of carbonyl (C=O) groups is 4. The summed E-state index contributed by atoms with van der Waals surface area (Å²) in [6.07, 6.45) is 1.07. The second-order valence-electron chi connectivity index (χ2n) is 9.22. The highest BCUT2D eigenvalue weighted by molar-refractivity contribution is 6.31. The number of rotatable bonds is 8. The van der Waals surface area contributed by atoms with Crippen LogP contribution in [0.5, 0.6) is 0 Å². The zero-order valence-electron chi connectivity index (χ0n) is 20.5. The molecule has 10 heteroatoms. The van der Waals surface area contributed by atoms with Crippen molar-refractivity contribution < 1.29 is 28.7 Å². The quantitative estimate of drug-likeness (QED) is 0.510. The minimum Gasteiger partial charge on any atom is -0.433 e. The Morgan fingerprint density at radius 1 is 1.14 bits per heavy atom. The molecule has 4 atom stereocenters. The van der Waals surface area contributed by atoms with Crippen molar-refractivity contribution >= 4 is 35.3 Å². The van der Waals surface area contributed by atoms with E-state index in [1.807, 2.05) is 30.3 Å². The lowest BCUT2D eigenvalue weighted by molar-refractivity contribution is -0.168. The Morgan fingerprint density at radius 3 is 2.68 bits per heavy atom. The van der Waals surface area contributed by atoms with Crippen molar-refractivity contribution in [3.8, 4) is 0 Å². The number of hydrogen-bond donors (Lipinski definition) is 2. The molecule has 196 valence electrons. The monoisotopic (exact) mass is 527 g/mol. The van der Waals surface area contributed by atoms with E-state index in [2.05, 4.69) is 10.6 Å². The van der Waals surface area contributed by atoms with Gasteiger partial charge in [-0.05, 0) is 49.9 Å². The number of ether oxygens (including phenoxy) is 2. The molecule has 37 heavy (non-hydrogen) atoms. The Labute approximate surface area is 220 Å². The molecule has 2 heterocycles. The maximum atomic E-state index is 13.3. The summed E-state index contributed by atoms with van der Waals surface area (Å²) in [7, 11) is 0. The molecular formula is C27H30ClN3O6. The van der Waals surface area contributed by atoms with Crippen LogP contribution in [0.25, 0.3) is 0 Å². The van der Waals surface area contributed by atoms with Gasteiger partial charge in [0.15, 0.2) is 0 Å². The third-order valence-electron chi connectivity index (χ3n) is 6.44. The van der Waals surface area contributed by atoms with E-state index in [4.69, 9.17) is 21.1 Å². The normalized spacial score (nSPS) is 22.2. The Morgan fingerprint density at radius 2 is 1.92 bits per heavy atom. The van der Waals surface area contributed by atoms with Gasteiger partial charge in [0.2, 0.25) is 18.1 Å². The minimum atomic E-state index is -0.916. The SMILES string of the molecule is C[C@H](NC(=O)c1cccc(Cl)c1)C(=O)N1CCCC[C@H]1C(=O)NC1CC(=O)OC1OCc1ccccc1. The summed E-state index contributed by atoms with van der Waals surface area (Å²) in [6, 6.07) is 13.6. The van der Waals surface area contributed by atoms with Crippen LogP contribution in [-0.4, -0.2) is 59.6 Å². The molecule has 0 aromatic heterocycles. The second kappa shape index (κ2) is 12.2. The minimum absolute atomic E-state index is 0.0159. The van der Waals surface area contributed by atoms with Crippen LogP contribution in [0.2, 0.25) is 5.02 Å². The lowest BCUT2D eigenvalue weighted by Crippen LogP contribution is -2.58. The number of hydrogen-bond acceptors (Lipinski definition) is 6. The number of likely N-dealkylation sites (tertiary alicyclic amines) is 1. The van der Waals surface area contributed by atoms with Crippen molar-refractivity contribution in [1.29, 1.82) is 0 Å². The number of halogens is 1. The average molecular weight is 528 g/mol. The lowest BCUT2D eigenvalue weighted by atomic mass is 9.99. The van der Waals surface area contributed by atoms with E-state index >= 15 is 0 Å². The maximum Gasteiger partial charge on any atom is 0.310 e. The number of benzene rings is 2. The van der Waals surface area contributed by atoms with Gasteiger partial charge in [0.1, 0.15) is 18.1 Å². The van der Waals surface area contributed by atoms with Gasteiger partial charge in [-0.15, -0.1) is 0 Å². The number of carbonyl (C=O) groups excluding carboxylic acids is 4. The molecule has 2 aromatic rings. The van der Waals surface area contributed by atoms with E-state index in [9.17, 15) is 19.2 Å². The number of nitrogens with one attached hydrogen (secondary N) is 2. The summed E-state index contributed by atoms with van der Waals surface area (Å²) in [4.78, 5) is 52.6. The van der Waals surface area contributed by atoms with Crippen molar-refractivity contribution in [1.82, 2.24) is 15.5 Å². The lowest BCUT2D eigenvalue weighted by Gasteiger charge is -2.37. The molecule has 2 N–H and O–H groups in total. The molecular weight excluding hydrogens is 498 g/mol. The highest BCUT2D eigenvalue weighted by Gasteiger charge is 2.40. The average Bonchev–Trinajstić information content (AvgIpc) is 3.26. The highest BCUT2D eigenvalue weighted by atomic mass is 35.5. The van der Waals surface area contributed by atoms with E-state index in [0.29, 0.717) is 23.6 Å². The molecule has 2 aliphatic rings. The van der Waals surface area contributed by atoms with Crippen LogP contribution in [0.1, 0.15) is 48.5 Å². The standard InChI is InChI=1S/C27H30ClN3O6/c1-17(29-24(33)19-10-7-11-20(28)14-19)26(35)31-13-6-5-12-22(31)25(34)30-21-15-23(32)37-27(21)36-16-18-8-3-2-4-9-18/h2-4,7-11,14,17,21-22,27H,5-6,12-13,15-16H2,1H3,(H,29,33)(H,30,34)/t17-,21?,22-,27?/m0/s1. The Kier molecular flexibility index (Phi) is 8.78. The Bertz CT molecular complexity index is 1140. The van der Waals surface area contributed by atoms with Crippen LogP contribution >= 0.6 is 11.6 Å². The fourth-order valence-electron chi connectivity index (χ4n) is 4.52. The first-order valence-electron chi connectivity index (χ1n) is 12.3. The molecule has 0 bridgehead atoms. The van der Waals surface area contributed by atoms with E-state index in [-0.39, 0.29) is 24.8 Å². The van der Waals surface area contributed by atoms with Gasteiger partial charge in [-0.2, -0.15) is 0 Å². The largest absolute Gasteiger partial charge is 0.433 e. The zero-order chi connectivity index (χ0) is 26.4. The zero-order valence-corrected chi connectivity index (χ0v) is 21.3. The van der Waals surface area contributed by atoms with Crippen molar-refractivity contribution in [2.45, 2.75) is 63.6 Å². The number of nitrogens with zero attached hydrogens (tertiary/aromatic N) is 1. The summed E-state index contributed by atoms with van der Waals surface area (Å²) in [6.45, 7) is 2.21. The van der Waals surface area contributed by atoms with Gasteiger partial charge in [-0.3, -0.25) is 19.2 Å². The fourth-order valence-corrected chi connectivity index (χ4v) is 4.71. The van der Waals surface area contributed by atoms with E-state index in [0.717, 1.165) is 18.4 Å². The van der Waals surface area contributed by atoms with Crippen molar-refractivity contribution in [2.24, 2.45) is 0 Å². The van der Waals surface area contributed by atoms with E-state index in [1.54, 1.807) is 25.1 Å². The van der Waals surface area contributed by atoms with Gasteiger partial charge in [-0.25, -0.2) is 0 Å². The Balaban J connectivity index is 1.37. The second-order valence-corrected chi connectivity index (χ2v) is 9.66. The molecule has 3 amide bonds. The summed E-state index contributed by atoms with van der Waals surface area (Å²) >= 11 is 5.97. The van der Waals surface area contributed by atoms with E-state index < -0.39 is 36.3 Å². The molecule has 2 aliphatic heterocycles. The molecule has 0 radical (unpaired) electrons. The van der Waals surface area contributed by atoms with Gasteiger partial charge in [-0.1, -0.05) is 48.0 Å². The fraction of sp³-hybridized carbons (Fsp3) is 0.407. The summed E-state index contributed by atoms with van der Waals surface area (Å²) in [5, 5.41) is 5.97. The first kappa shape index (κ1) is 26.6. The molecule has 2 unspecified atom stereocenters. The van der Waals surface area contributed by atoms with Crippen molar-refractivity contribution in [3.63, 3.8) is 0 Å². The van der Waals surface area contributed by atoms with Crippen LogP contribution in [0, 0.1) is 0 Å². The van der Waals surface area contributed by atoms with Crippen molar-refractivity contribution in [3.05, 3.63) is 70.7 Å². The summed E-state index contributed by atoms with van der Waals surface area (Å²) < 4.78 is 11.0. The van der Waals surface area contributed by atoms with Gasteiger partial charge in [0.25, 0.3) is 5.91 Å². The molecule has 4 rings (SSSR count). The topological polar surface area (TPSA) is 114 Å². The predicted molar refractivity (Wildman–Crippen MR) is 135 cm³/mol. The van der Waals surface area contributed by atoms with Gasteiger partial charge in [0, 0.05) is 17.1 Å². The molecule has 2 saturated heterocycles. The molecule has 2 aromatic carbocycles. The van der Waals surface area contributed by atoms with Crippen molar-refractivity contribution in [2.75, 3.05) is 6.54 Å². The first-order chi connectivity index (χ1) is 17.8. The summed E-state index contributed by atoms with van der Waals surface area (Å²) in [5.41, 5.74) is 1.25. The van der Waals surface area contributed by atoms with Gasteiger partial charge in [0.05, 0.1) is 13.0 Å². The highest BCUT2D eigenvalue weighted by Crippen LogP contribution is 2.22. The molecule has 0 saturated carbocycles. The van der Waals surface area contributed by atoms with Crippen LogP contribution in [0.15, 0.2) is 54.6 Å². The predicted octanol–water partition coefficient (Wildman–Crippen LogP) is 2.81. The molecule has 9 nitrogen and oxygen atoms in total. The number of cyclic esters (lactones) is 1. The number of amides is 3. The first-order valence-corrected chi connectivity index (χ1v) is 12.7. The van der Waals surface area contributed by atoms with Gasteiger partial charge < -0.3 is 25.0 Å². The van der Waals surface area contributed by atoms with E-state index in [1.165, 1.54) is 11.0 Å². The number of esters is 1. The van der Waals surface area contributed by atoms with Crippen LogP contribution < -0.4 is 10.6 Å². The molecule has 0 spiro atoms. The molecule has 0 aliphatic carbocycles. The van der Waals surface area contributed by atoms with Crippen LogP contribution in [0.3, 0.4) is 0 Å². The summed E-state index contributed by atoms with van der Waals surface area (Å²) in [5.74, 6) is -1.62. The van der Waals surface area contributed by atoms with Crippen LogP contribution in [-0.2, 0) is 30.5 Å². The third kappa shape index (κ3) is 6.87. The van der Waals surface area contributed by atoms with Gasteiger partial charge >= 0.3 is 5.97 Å². The Hall–Kier alpha value is -3.43. The smallest absolute Gasteiger partial charge is 0.310 e. The molecule has 2 fully saturated rings.